The molecular formula is C18H26O2. The van der Waals surface area contributed by atoms with Crippen LogP contribution in [0, 0.1) is 5.92 Å². The van der Waals surface area contributed by atoms with E-state index in [1.807, 2.05) is 12.1 Å². The fourth-order valence-electron chi connectivity index (χ4n) is 3.41. The van der Waals surface area contributed by atoms with Crippen LogP contribution in [-0.4, -0.2) is 11.1 Å². The maximum absolute atomic E-state index is 12.0. The van der Waals surface area contributed by atoms with E-state index in [2.05, 4.69) is 39.8 Å². The highest BCUT2D eigenvalue weighted by molar-refractivity contribution is 5.81. The Labute approximate surface area is 122 Å². The van der Waals surface area contributed by atoms with Crippen LogP contribution >= 0.6 is 0 Å². The van der Waals surface area contributed by atoms with E-state index >= 15 is 0 Å². The summed E-state index contributed by atoms with van der Waals surface area (Å²) >= 11 is 0. The predicted molar refractivity (Wildman–Crippen MR) is 82.1 cm³/mol. The van der Waals surface area contributed by atoms with Crippen LogP contribution < -0.4 is 0 Å². The predicted octanol–water partition coefficient (Wildman–Crippen LogP) is 4.52. The Kier molecular flexibility index (Phi) is 3.95. The molecule has 1 aliphatic carbocycles. The van der Waals surface area contributed by atoms with Crippen molar-refractivity contribution in [1.82, 2.24) is 0 Å². The minimum Gasteiger partial charge on any atom is -0.481 e. The van der Waals surface area contributed by atoms with Gasteiger partial charge in [0.15, 0.2) is 0 Å². The Morgan fingerprint density at radius 1 is 1.35 bits per heavy atom. The van der Waals surface area contributed by atoms with Crippen molar-refractivity contribution in [2.45, 2.75) is 64.2 Å². The van der Waals surface area contributed by atoms with Gasteiger partial charge in [-0.1, -0.05) is 64.8 Å². The Balaban J connectivity index is 2.48. The monoisotopic (exact) mass is 274 g/mol. The van der Waals surface area contributed by atoms with E-state index in [1.54, 1.807) is 0 Å². The molecule has 0 bridgehead atoms. The third kappa shape index (κ3) is 2.74. The second-order valence-corrected chi connectivity index (χ2v) is 7.42. The van der Waals surface area contributed by atoms with Crippen LogP contribution in [0.25, 0.3) is 0 Å². The third-order valence-corrected chi connectivity index (χ3v) is 4.69. The number of aliphatic carboxylic acids is 1. The molecule has 1 aromatic carbocycles. The molecule has 0 aromatic heterocycles. The number of hydrogen-bond acceptors (Lipinski definition) is 1. The highest BCUT2D eigenvalue weighted by atomic mass is 16.4. The molecule has 2 nitrogen and oxygen atoms in total. The summed E-state index contributed by atoms with van der Waals surface area (Å²) in [6, 6.07) is 8.23. The van der Waals surface area contributed by atoms with Crippen LogP contribution in [0.5, 0.6) is 0 Å². The maximum Gasteiger partial charge on any atom is 0.314 e. The Hall–Kier alpha value is -1.31. The van der Waals surface area contributed by atoms with Crippen LogP contribution in [0.1, 0.15) is 64.5 Å². The van der Waals surface area contributed by atoms with Gasteiger partial charge in [0.05, 0.1) is 5.41 Å². The molecule has 0 spiro atoms. The average molecular weight is 274 g/mol. The zero-order valence-corrected chi connectivity index (χ0v) is 13.1. The SMILES string of the molecule is CC1CCCC(C(=O)O)(c2cccc(C(C)(C)C)c2)C1. The van der Waals surface area contributed by atoms with E-state index < -0.39 is 11.4 Å². The molecule has 0 radical (unpaired) electrons. The molecule has 1 fully saturated rings. The molecule has 1 N–H and O–H groups in total. The molecule has 2 heteroatoms. The van der Waals surface area contributed by atoms with E-state index in [0.717, 1.165) is 31.2 Å². The molecule has 2 atom stereocenters. The Morgan fingerprint density at radius 2 is 2.05 bits per heavy atom. The first-order valence-corrected chi connectivity index (χ1v) is 7.60. The van der Waals surface area contributed by atoms with Gasteiger partial charge >= 0.3 is 5.97 Å². The van der Waals surface area contributed by atoms with Gasteiger partial charge in [-0.25, -0.2) is 0 Å². The standard InChI is InChI=1S/C18H26O2/c1-13-7-6-10-18(12-13,16(19)20)15-9-5-8-14(11-15)17(2,3)4/h5,8-9,11,13H,6-7,10,12H2,1-4H3,(H,19,20). The lowest BCUT2D eigenvalue weighted by molar-refractivity contribution is -0.146. The van der Waals surface area contributed by atoms with E-state index in [0.29, 0.717) is 5.92 Å². The molecule has 0 amide bonds. The van der Waals surface area contributed by atoms with Crippen molar-refractivity contribution in [2.24, 2.45) is 5.92 Å². The highest BCUT2D eigenvalue weighted by Crippen LogP contribution is 2.43. The molecule has 0 aliphatic heterocycles. The molecule has 110 valence electrons. The molecule has 0 heterocycles. The van der Waals surface area contributed by atoms with E-state index in [4.69, 9.17) is 0 Å². The number of benzene rings is 1. The van der Waals surface area contributed by atoms with Gasteiger partial charge in [0.2, 0.25) is 0 Å². The largest absolute Gasteiger partial charge is 0.481 e. The molecule has 1 aromatic rings. The minimum atomic E-state index is -0.682. The van der Waals surface area contributed by atoms with Gasteiger partial charge in [0, 0.05) is 0 Å². The van der Waals surface area contributed by atoms with Crippen molar-refractivity contribution in [2.75, 3.05) is 0 Å². The van der Waals surface area contributed by atoms with Crippen molar-refractivity contribution >= 4 is 5.97 Å². The lowest BCUT2D eigenvalue weighted by Gasteiger charge is -2.37. The number of hydrogen-bond donors (Lipinski definition) is 1. The lowest BCUT2D eigenvalue weighted by atomic mass is 9.65. The van der Waals surface area contributed by atoms with Gasteiger partial charge in [-0.3, -0.25) is 4.79 Å². The fraction of sp³-hybridized carbons (Fsp3) is 0.611. The van der Waals surface area contributed by atoms with Gasteiger partial charge in [0.25, 0.3) is 0 Å². The zero-order valence-electron chi connectivity index (χ0n) is 13.1. The quantitative estimate of drug-likeness (QED) is 0.861. The second-order valence-electron chi connectivity index (χ2n) is 7.42. The number of carboxylic acids is 1. The fourth-order valence-corrected chi connectivity index (χ4v) is 3.41. The van der Waals surface area contributed by atoms with Crippen molar-refractivity contribution in [1.29, 1.82) is 0 Å². The highest BCUT2D eigenvalue weighted by Gasteiger charge is 2.43. The van der Waals surface area contributed by atoms with Crippen molar-refractivity contribution in [3.8, 4) is 0 Å². The van der Waals surface area contributed by atoms with Crippen LogP contribution in [0.4, 0.5) is 0 Å². The summed E-state index contributed by atoms with van der Waals surface area (Å²) < 4.78 is 0. The molecule has 1 saturated carbocycles. The van der Waals surface area contributed by atoms with Crippen molar-refractivity contribution in [3.63, 3.8) is 0 Å². The van der Waals surface area contributed by atoms with E-state index in [1.165, 1.54) is 5.56 Å². The summed E-state index contributed by atoms with van der Waals surface area (Å²) in [5.74, 6) is -0.173. The normalized spacial score (nSPS) is 27.3. The van der Waals surface area contributed by atoms with Gasteiger partial charge in [-0.05, 0) is 35.3 Å². The summed E-state index contributed by atoms with van der Waals surface area (Å²) in [4.78, 5) is 12.0. The van der Waals surface area contributed by atoms with E-state index in [-0.39, 0.29) is 5.41 Å². The summed E-state index contributed by atoms with van der Waals surface area (Å²) in [6.07, 6.45) is 3.68. The number of carbonyl (C=O) groups is 1. The summed E-state index contributed by atoms with van der Waals surface area (Å²) in [7, 11) is 0. The summed E-state index contributed by atoms with van der Waals surface area (Å²) in [5.41, 5.74) is 1.58. The van der Waals surface area contributed by atoms with Crippen LogP contribution in [-0.2, 0) is 15.6 Å². The number of carboxylic acid groups (broad SMARTS) is 1. The van der Waals surface area contributed by atoms with Crippen LogP contribution in [0.3, 0.4) is 0 Å². The first-order valence-electron chi connectivity index (χ1n) is 7.60. The average Bonchev–Trinajstić information content (AvgIpc) is 2.37. The topological polar surface area (TPSA) is 37.3 Å². The summed E-state index contributed by atoms with van der Waals surface area (Å²) in [5, 5.41) is 9.85. The van der Waals surface area contributed by atoms with Gasteiger partial charge < -0.3 is 5.11 Å². The minimum absolute atomic E-state index is 0.0516. The molecule has 2 rings (SSSR count). The van der Waals surface area contributed by atoms with Crippen LogP contribution in [0.15, 0.2) is 24.3 Å². The Bertz CT molecular complexity index is 498. The molecular weight excluding hydrogens is 248 g/mol. The first kappa shape index (κ1) is 15.1. The van der Waals surface area contributed by atoms with Gasteiger partial charge in [-0.2, -0.15) is 0 Å². The molecule has 1 aliphatic rings. The van der Waals surface area contributed by atoms with Crippen molar-refractivity contribution < 1.29 is 9.90 Å². The summed E-state index contributed by atoms with van der Waals surface area (Å²) in [6.45, 7) is 8.68. The zero-order chi connectivity index (χ0) is 15.0. The van der Waals surface area contributed by atoms with Gasteiger partial charge in [-0.15, -0.1) is 0 Å². The van der Waals surface area contributed by atoms with Crippen molar-refractivity contribution in [3.05, 3.63) is 35.4 Å². The lowest BCUT2D eigenvalue weighted by Crippen LogP contribution is -2.40. The first-order chi connectivity index (χ1) is 9.25. The van der Waals surface area contributed by atoms with Gasteiger partial charge in [0.1, 0.15) is 0 Å². The molecule has 20 heavy (non-hydrogen) atoms. The molecule has 2 unspecified atom stereocenters. The Morgan fingerprint density at radius 3 is 2.60 bits per heavy atom. The second kappa shape index (κ2) is 5.23. The maximum atomic E-state index is 12.0. The smallest absolute Gasteiger partial charge is 0.314 e. The van der Waals surface area contributed by atoms with Crippen LogP contribution in [0.2, 0.25) is 0 Å². The third-order valence-electron chi connectivity index (χ3n) is 4.69. The van der Waals surface area contributed by atoms with E-state index in [9.17, 15) is 9.90 Å². The number of rotatable bonds is 2. The molecule has 0 saturated heterocycles.